The van der Waals surface area contributed by atoms with Crippen LogP contribution in [0.5, 0.6) is 0 Å². The molecule has 0 aliphatic heterocycles. The van der Waals surface area contributed by atoms with E-state index < -0.39 is 11.2 Å². The lowest BCUT2D eigenvalue weighted by Crippen LogP contribution is -2.10. The maximum atomic E-state index is 10.7. The molecule has 2 aromatic rings. The van der Waals surface area contributed by atoms with E-state index in [4.69, 9.17) is 9.52 Å². The fourth-order valence-corrected chi connectivity index (χ4v) is 2.52. The monoisotopic (exact) mass is 270 g/mol. The number of thioether (sulfide) groups is 1. The molecular formula is C10H10N2O3S2. The molecule has 17 heavy (non-hydrogen) atoms. The fraction of sp³-hybridized carbons (Fsp3) is 0.300. The Bertz CT molecular complexity index is 535. The van der Waals surface area contributed by atoms with Crippen LogP contribution in [0.2, 0.25) is 0 Å². The van der Waals surface area contributed by atoms with Gasteiger partial charge in [0.15, 0.2) is 0 Å². The minimum atomic E-state index is -0.901. The van der Waals surface area contributed by atoms with Gasteiger partial charge in [0.1, 0.15) is 5.25 Å². The Morgan fingerprint density at radius 3 is 2.88 bits per heavy atom. The lowest BCUT2D eigenvalue weighted by Gasteiger charge is -1.99. The molecule has 0 saturated heterocycles. The maximum Gasteiger partial charge on any atom is 0.316 e. The standard InChI is InChI=1S/C10H10N2O3S2/c1-5-3-4-7(16-5)8-11-12-10(15-8)17-6(2)9(13)14/h3-4,6H,1-2H3,(H,13,14). The average Bonchev–Trinajstić information content (AvgIpc) is 2.86. The van der Waals surface area contributed by atoms with Gasteiger partial charge in [0.2, 0.25) is 0 Å². The first-order valence-electron chi connectivity index (χ1n) is 4.86. The van der Waals surface area contributed by atoms with E-state index in [9.17, 15) is 4.79 Å². The SMILES string of the molecule is Cc1ccc(-c2nnc(SC(C)C(=O)O)o2)s1. The molecule has 7 heteroatoms. The smallest absolute Gasteiger partial charge is 0.316 e. The topological polar surface area (TPSA) is 76.2 Å². The summed E-state index contributed by atoms with van der Waals surface area (Å²) in [6.07, 6.45) is 0. The third-order valence-corrected chi connectivity index (χ3v) is 3.89. The number of rotatable bonds is 4. The number of aryl methyl sites for hydroxylation is 1. The second-order valence-electron chi connectivity index (χ2n) is 3.38. The first-order valence-corrected chi connectivity index (χ1v) is 6.55. The quantitative estimate of drug-likeness (QED) is 0.861. The van der Waals surface area contributed by atoms with Crippen LogP contribution >= 0.6 is 23.1 Å². The van der Waals surface area contributed by atoms with Crippen LogP contribution in [-0.2, 0) is 4.79 Å². The van der Waals surface area contributed by atoms with Gasteiger partial charge in [-0.25, -0.2) is 0 Å². The summed E-state index contributed by atoms with van der Waals surface area (Å²) in [6, 6.07) is 3.87. The number of thiophene rings is 1. The van der Waals surface area contributed by atoms with Gasteiger partial charge in [-0.1, -0.05) is 11.8 Å². The average molecular weight is 270 g/mol. The van der Waals surface area contributed by atoms with Crippen LogP contribution in [0.1, 0.15) is 11.8 Å². The zero-order chi connectivity index (χ0) is 12.4. The van der Waals surface area contributed by atoms with E-state index in [0.717, 1.165) is 21.5 Å². The maximum absolute atomic E-state index is 10.7. The Morgan fingerprint density at radius 1 is 1.53 bits per heavy atom. The van der Waals surface area contributed by atoms with E-state index in [0.29, 0.717) is 5.89 Å². The molecule has 1 atom stereocenters. The molecule has 90 valence electrons. The summed E-state index contributed by atoms with van der Waals surface area (Å²) in [7, 11) is 0. The number of carboxylic acid groups (broad SMARTS) is 1. The number of aromatic nitrogens is 2. The third kappa shape index (κ3) is 2.86. The van der Waals surface area contributed by atoms with E-state index in [1.165, 1.54) is 0 Å². The van der Waals surface area contributed by atoms with Crippen LogP contribution in [0.4, 0.5) is 0 Å². The van der Waals surface area contributed by atoms with Crippen LogP contribution in [0.25, 0.3) is 10.8 Å². The van der Waals surface area contributed by atoms with Crippen molar-refractivity contribution in [2.75, 3.05) is 0 Å². The van der Waals surface area contributed by atoms with Gasteiger partial charge < -0.3 is 9.52 Å². The second-order valence-corrected chi connectivity index (χ2v) is 5.96. The summed E-state index contributed by atoms with van der Waals surface area (Å²) in [5.41, 5.74) is 0. The van der Waals surface area contributed by atoms with Gasteiger partial charge in [-0.3, -0.25) is 4.79 Å². The molecule has 5 nitrogen and oxygen atoms in total. The summed E-state index contributed by atoms with van der Waals surface area (Å²) in [4.78, 5) is 12.7. The van der Waals surface area contributed by atoms with Crippen LogP contribution in [0.3, 0.4) is 0 Å². The van der Waals surface area contributed by atoms with Crippen molar-refractivity contribution in [3.63, 3.8) is 0 Å². The van der Waals surface area contributed by atoms with E-state index in [1.54, 1.807) is 18.3 Å². The zero-order valence-corrected chi connectivity index (χ0v) is 10.8. The van der Waals surface area contributed by atoms with E-state index in [1.807, 2.05) is 19.1 Å². The molecular weight excluding hydrogens is 260 g/mol. The number of hydrogen-bond donors (Lipinski definition) is 1. The Kier molecular flexibility index (Phi) is 3.49. The highest BCUT2D eigenvalue weighted by atomic mass is 32.2. The summed E-state index contributed by atoms with van der Waals surface area (Å²) in [5, 5.41) is 16.1. The molecule has 1 unspecified atom stereocenters. The minimum absolute atomic E-state index is 0.279. The molecule has 0 radical (unpaired) electrons. The second kappa shape index (κ2) is 4.89. The van der Waals surface area contributed by atoms with Crippen LogP contribution in [0.15, 0.2) is 21.8 Å². The number of nitrogens with zero attached hydrogens (tertiary/aromatic N) is 2. The van der Waals surface area contributed by atoms with Crippen molar-refractivity contribution in [1.29, 1.82) is 0 Å². The molecule has 1 N–H and O–H groups in total. The molecule has 2 heterocycles. The minimum Gasteiger partial charge on any atom is -0.480 e. The summed E-state index contributed by atoms with van der Waals surface area (Å²) in [6.45, 7) is 3.57. The molecule has 0 fully saturated rings. The number of hydrogen-bond acceptors (Lipinski definition) is 6. The van der Waals surface area contributed by atoms with Crippen molar-refractivity contribution in [2.45, 2.75) is 24.3 Å². The van der Waals surface area contributed by atoms with Crippen molar-refractivity contribution < 1.29 is 14.3 Å². The molecule has 0 bridgehead atoms. The van der Waals surface area contributed by atoms with Crippen molar-refractivity contribution in [3.05, 3.63) is 17.0 Å². The van der Waals surface area contributed by atoms with Gasteiger partial charge in [0.05, 0.1) is 4.88 Å². The van der Waals surface area contributed by atoms with Gasteiger partial charge in [-0.15, -0.1) is 21.5 Å². The van der Waals surface area contributed by atoms with Gasteiger partial charge in [0.25, 0.3) is 11.1 Å². The van der Waals surface area contributed by atoms with Crippen LogP contribution in [-0.4, -0.2) is 26.5 Å². The van der Waals surface area contributed by atoms with Crippen molar-refractivity contribution in [3.8, 4) is 10.8 Å². The Hall–Kier alpha value is -1.34. The van der Waals surface area contributed by atoms with Gasteiger partial charge in [-0.2, -0.15) is 0 Å². The molecule has 0 amide bonds. The summed E-state index contributed by atoms with van der Waals surface area (Å²) >= 11 is 2.60. The normalized spacial score (nSPS) is 12.6. The first-order chi connectivity index (χ1) is 8.06. The number of aliphatic carboxylic acids is 1. The highest BCUT2D eigenvalue weighted by Crippen LogP contribution is 2.30. The molecule has 0 aliphatic rings. The molecule has 0 saturated carbocycles. The Labute approximate surface area is 106 Å². The lowest BCUT2D eigenvalue weighted by molar-refractivity contribution is -0.136. The van der Waals surface area contributed by atoms with Crippen LogP contribution < -0.4 is 0 Å². The largest absolute Gasteiger partial charge is 0.480 e. The zero-order valence-electron chi connectivity index (χ0n) is 9.21. The van der Waals surface area contributed by atoms with Crippen molar-refractivity contribution in [2.24, 2.45) is 0 Å². The fourth-order valence-electron chi connectivity index (χ4n) is 1.11. The van der Waals surface area contributed by atoms with Crippen LogP contribution in [0, 0.1) is 6.92 Å². The summed E-state index contributed by atoms with van der Waals surface area (Å²) < 4.78 is 5.39. The molecule has 0 aliphatic carbocycles. The predicted octanol–water partition coefficient (Wildman–Crippen LogP) is 2.67. The highest BCUT2D eigenvalue weighted by molar-refractivity contribution is 8.00. The number of carbonyl (C=O) groups is 1. The van der Waals surface area contributed by atoms with Crippen molar-refractivity contribution in [1.82, 2.24) is 10.2 Å². The molecule has 2 rings (SSSR count). The highest BCUT2D eigenvalue weighted by Gasteiger charge is 2.17. The lowest BCUT2D eigenvalue weighted by atomic mass is 10.4. The Balaban J connectivity index is 2.13. The molecule has 2 aromatic heterocycles. The Morgan fingerprint density at radius 2 is 2.29 bits per heavy atom. The third-order valence-electron chi connectivity index (χ3n) is 1.98. The molecule has 0 spiro atoms. The first kappa shape index (κ1) is 12.1. The van der Waals surface area contributed by atoms with E-state index >= 15 is 0 Å². The van der Waals surface area contributed by atoms with Gasteiger partial charge in [-0.05, 0) is 26.0 Å². The van der Waals surface area contributed by atoms with Gasteiger partial charge >= 0.3 is 5.97 Å². The van der Waals surface area contributed by atoms with E-state index in [2.05, 4.69) is 10.2 Å². The van der Waals surface area contributed by atoms with Gasteiger partial charge in [0, 0.05) is 4.88 Å². The predicted molar refractivity (Wildman–Crippen MR) is 65.3 cm³/mol. The van der Waals surface area contributed by atoms with Crippen molar-refractivity contribution >= 4 is 29.1 Å². The van der Waals surface area contributed by atoms with E-state index in [-0.39, 0.29) is 5.22 Å². The number of carboxylic acids is 1. The summed E-state index contributed by atoms with van der Waals surface area (Å²) in [5.74, 6) is -0.468. The molecule has 0 aromatic carbocycles.